The van der Waals surface area contributed by atoms with Crippen LogP contribution in [0.2, 0.25) is 0 Å². The summed E-state index contributed by atoms with van der Waals surface area (Å²) in [6.07, 6.45) is 0.861. The highest BCUT2D eigenvalue weighted by atomic mass is 79.9. The highest BCUT2D eigenvalue weighted by Gasteiger charge is 2.18. The molecule has 1 aromatic carbocycles. The fraction of sp³-hybridized carbons (Fsp3) is 0.500. The van der Waals surface area contributed by atoms with Gasteiger partial charge in [0, 0.05) is 30.4 Å². The zero-order valence-corrected chi connectivity index (χ0v) is 12.5. The van der Waals surface area contributed by atoms with Gasteiger partial charge in [0.1, 0.15) is 11.5 Å². The SMILES string of the molecule is COc1ccc(Br)c(CC(=O)CC2CNCCO2)c1. The van der Waals surface area contributed by atoms with E-state index in [0.717, 1.165) is 28.9 Å². The maximum absolute atomic E-state index is 12.1. The summed E-state index contributed by atoms with van der Waals surface area (Å²) in [5.74, 6) is 0.948. The van der Waals surface area contributed by atoms with Gasteiger partial charge in [-0.15, -0.1) is 0 Å². The van der Waals surface area contributed by atoms with Crippen LogP contribution in [0.3, 0.4) is 0 Å². The van der Waals surface area contributed by atoms with E-state index < -0.39 is 0 Å². The van der Waals surface area contributed by atoms with Gasteiger partial charge in [-0.1, -0.05) is 15.9 Å². The standard InChI is InChI=1S/C14H18BrNO3/c1-18-12-2-3-14(15)10(7-12)6-11(17)8-13-9-16-4-5-19-13/h2-3,7,13,16H,4-6,8-9H2,1H3. The van der Waals surface area contributed by atoms with Crippen LogP contribution in [0.15, 0.2) is 22.7 Å². The zero-order valence-electron chi connectivity index (χ0n) is 10.9. The molecule has 1 unspecified atom stereocenters. The average Bonchev–Trinajstić information content (AvgIpc) is 2.42. The Kier molecular flexibility index (Phi) is 5.36. The van der Waals surface area contributed by atoms with Gasteiger partial charge in [-0.25, -0.2) is 0 Å². The lowest BCUT2D eigenvalue weighted by atomic mass is 10.0. The minimum Gasteiger partial charge on any atom is -0.497 e. The molecule has 0 aromatic heterocycles. The molecule has 0 radical (unpaired) electrons. The third kappa shape index (κ3) is 4.30. The fourth-order valence-electron chi connectivity index (χ4n) is 2.10. The van der Waals surface area contributed by atoms with E-state index in [1.807, 2.05) is 18.2 Å². The Labute approximate surface area is 121 Å². The minimum absolute atomic E-state index is 0.00522. The van der Waals surface area contributed by atoms with Crippen LogP contribution < -0.4 is 10.1 Å². The van der Waals surface area contributed by atoms with E-state index in [9.17, 15) is 4.79 Å². The summed E-state index contributed by atoms with van der Waals surface area (Å²) in [5, 5.41) is 3.23. The molecule has 1 fully saturated rings. The Balaban J connectivity index is 1.94. The van der Waals surface area contributed by atoms with Crippen molar-refractivity contribution in [3.05, 3.63) is 28.2 Å². The summed E-state index contributed by atoms with van der Waals surface area (Å²) in [4.78, 5) is 12.1. The fourth-order valence-corrected chi connectivity index (χ4v) is 2.49. The van der Waals surface area contributed by atoms with E-state index in [1.165, 1.54) is 0 Å². The van der Waals surface area contributed by atoms with Crippen molar-refractivity contribution in [2.75, 3.05) is 26.8 Å². The summed E-state index contributed by atoms with van der Waals surface area (Å²) >= 11 is 3.46. The number of carbonyl (C=O) groups excluding carboxylic acids is 1. The van der Waals surface area contributed by atoms with Crippen LogP contribution in [0.5, 0.6) is 5.75 Å². The molecule has 0 saturated carbocycles. The lowest BCUT2D eigenvalue weighted by Gasteiger charge is -2.23. The Morgan fingerprint density at radius 3 is 3.11 bits per heavy atom. The predicted molar refractivity (Wildman–Crippen MR) is 76.6 cm³/mol. The number of hydrogen-bond donors (Lipinski definition) is 1. The number of ether oxygens (including phenoxy) is 2. The second-order valence-electron chi connectivity index (χ2n) is 4.57. The largest absolute Gasteiger partial charge is 0.497 e. The molecular formula is C14H18BrNO3. The van der Waals surface area contributed by atoms with E-state index in [4.69, 9.17) is 9.47 Å². The van der Waals surface area contributed by atoms with Gasteiger partial charge in [0.2, 0.25) is 0 Å². The molecule has 1 heterocycles. The molecule has 0 bridgehead atoms. The summed E-state index contributed by atoms with van der Waals surface area (Å²) in [6.45, 7) is 2.30. The van der Waals surface area contributed by atoms with Crippen LogP contribution in [0.25, 0.3) is 0 Å². The van der Waals surface area contributed by atoms with Crippen LogP contribution in [0.1, 0.15) is 12.0 Å². The summed E-state index contributed by atoms with van der Waals surface area (Å²) in [6, 6.07) is 5.66. The van der Waals surface area contributed by atoms with E-state index in [1.54, 1.807) is 7.11 Å². The number of halogens is 1. The number of Topliss-reactive ketones (excluding diaryl/α,β-unsaturated/α-hetero) is 1. The Morgan fingerprint density at radius 1 is 1.58 bits per heavy atom. The average molecular weight is 328 g/mol. The third-order valence-electron chi connectivity index (χ3n) is 3.10. The number of ketones is 1. The van der Waals surface area contributed by atoms with Crippen LogP contribution in [-0.2, 0) is 16.0 Å². The van der Waals surface area contributed by atoms with Gasteiger partial charge in [-0.05, 0) is 23.8 Å². The maximum atomic E-state index is 12.1. The molecular weight excluding hydrogens is 310 g/mol. The van der Waals surface area contributed by atoms with Crippen molar-refractivity contribution in [1.29, 1.82) is 0 Å². The van der Waals surface area contributed by atoms with Crippen LogP contribution in [0, 0.1) is 0 Å². The summed E-state index contributed by atoms with van der Waals surface area (Å²) in [7, 11) is 1.62. The first kappa shape index (κ1) is 14.5. The van der Waals surface area contributed by atoms with Crippen molar-refractivity contribution in [2.45, 2.75) is 18.9 Å². The second kappa shape index (κ2) is 7.03. The Morgan fingerprint density at radius 2 is 2.42 bits per heavy atom. The molecule has 1 N–H and O–H groups in total. The first-order valence-electron chi connectivity index (χ1n) is 6.35. The normalized spacial score (nSPS) is 19.2. The highest BCUT2D eigenvalue weighted by molar-refractivity contribution is 9.10. The number of carbonyl (C=O) groups is 1. The molecule has 1 aliphatic rings. The molecule has 1 aliphatic heterocycles. The van der Waals surface area contributed by atoms with E-state index in [-0.39, 0.29) is 11.9 Å². The maximum Gasteiger partial charge on any atom is 0.139 e. The number of hydrogen-bond acceptors (Lipinski definition) is 4. The van der Waals surface area contributed by atoms with Gasteiger partial charge >= 0.3 is 0 Å². The van der Waals surface area contributed by atoms with E-state index in [0.29, 0.717) is 19.4 Å². The monoisotopic (exact) mass is 327 g/mol. The number of benzene rings is 1. The smallest absolute Gasteiger partial charge is 0.139 e. The van der Waals surface area contributed by atoms with E-state index >= 15 is 0 Å². The van der Waals surface area contributed by atoms with Crippen molar-refractivity contribution in [3.63, 3.8) is 0 Å². The summed E-state index contributed by atoms with van der Waals surface area (Å²) < 4.78 is 11.7. The third-order valence-corrected chi connectivity index (χ3v) is 3.87. The van der Waals surface area contributed by atoms with Crippen LogP contribution in [0.4, 0.5) is 0 Å². The van der Waals surface area contributed by atoms with Crippen molar-refractivity contribution in [1.82, 2.24) is 5.32 Å². The molecule has 0 amide bonds. The lowest BCUT2D eigenvalue weighted by molar-refractivity contribution is -0.121. The predicted octanol–water partition coefficient (Wildman–Crippen LogP) is 1.95. The second-order valence-corrected chi connectivity index (χ2v) is 5.43. The van der Waals surface area contributed by atoms with Gasteiger partial charge in [-0.2, -0.15) is 0 Å². The molecule has 5 heteroatoms. The van der Waals surface area contributed by atoms with Crippen LogP contribution >= 0.6 is 15.9 Å². The van der Waals surface area contributed by atoms with Crippen molar-refractivity contribution >= 4 is 21.7 Å². The van der Waals surface area contributed by atoms with E-state index in [2.05, 4.69) is 21.2 Å². The molecule has 0 aliphatic carbocycles. The first-order valence-corrected chi connectivity index (χ1v) is 7.15. The van der Waals surface area contributed by atoms with Gasteiger partial charge < -0.3 is 14.8 Å². The molecule has 0 spiro atoms. The quantitative estimate of drug-likeness (QED) is 0.898. The number of rotatable bonds is 5. The van der Waals surface area contributed by atoms with Gasteiger partial charge in [-0.3, -0.25) is 4.79 Å². The molecule has 4 nitrogen and oxygen atoms in total. The molecule has 2 rings (SSSR count). The molecule has 104 valence electrons. The molecule has 19 heavy (non-hydrogen) atoms. The topological polar surface area (TPSA) is 47.6 Å². The number of morpholine rings is 1. The van der Waals surface area contributed by atoms with Crippen molar-refractivity contribution in [3.8, 4) is 5.75 Å². The molecule has 1 atom stereocenters. The molecule has 1 saturated heterocycles. The van der Waals surface area contributed by atoms with Gasteiger partial charge in [0.05, 0.1) is 19.8 Å². The van der Waals surface area contributed by atoms with Crippen molar-refractivity contribution in [2.24, 2.45) is 0 Å². The minimum atomic E-state index is 0.00522. The van der Waals surface area contributed by atoms with Crippen molar-refractivity contribution < 1.29 is 14.3 Å². The summed E-state index contributed by atoms with van der Waals surface area (Å²) in [5.41, 5.74) is 0.952. The number of methoxy groups -OCH3 is 1. The zero-order chi connectivity index (χ0) is 13.7. The van der Waals surface area contributed by atoms with Gasteiger partial charge in [0.15, 0.2) is 0 Å². The molecule has 1 aromatic rings. The van der Waals surface area contributed by atoms with Gasteiger partial charge in [0.25, 0.3) is 0 Å². The first-order chi connectivity index (χ1) is 9.19. The van der Waals surface area contributed by atoms with Crippen LogP contribution in [-0.4, -0.2) is 38.7 Å². The Hall–Kier alpha value is -0.910. The highest BCUT2D eigenvalue weighted by Crippen LogP contribution is 2.23. The lowest BCUT2D eigenvalue weighted by Crippen LogP contribution is -2.39. The Bertz CT molecular complexity index is 444. The number of nitrogens with one attached hydrogen (secondary N) is 1.